The standard InChI is InChI=1S/C15H23N7O/c1-20(9-14-18-19-15(23-14)12-2-3-12)13-4-5-21(8-13)6-7-22-11-16-10-17-22/h10-13H,2-9H2,1H3. The van der Waals surface area contributed by atoms with Crippen LogP contribution in [0.2, 0.25) is 0 Å². The molecule has 8 nitrogen and oxygen atoms in total. The van der Waals surface area contributed by atoms with Gasteiger partial charge in [0.25, 0.3) is 0 Å². The highest BCUT2D eigenvalue weighted by molar-refractivity contribution is 5.00. The lowest BCUT2D eigenvalue weighted by Gasteiger charge is -2.23. The zero-order chi connectivity index (χ0) is 15.6. The zero-order valence-electron chi connectivity index (χ0n) is 13.5. The van der Waals surface area contributed by atoms with Gasteiger partial charge in [0.15, 0.2) is 0 Å². The predicted molar refractivity (Wildman–Crippen MR) is 82.6 cm³/mol. The molecule has 1 saturated carbocycles. The van der Waals surface area contributed by atoms with Crippen LogP contribution in [0, 0.1) is 0 Å². The summed E-state index contributed by atoms with van der Waals surface area (Å²) in [7, 11) is 2.15. The largest absolute Gasteiger partial charge is 0.424 e. The van der Waals surface area contributed by atoms with Crippen molar-refractivity contribution in [3.05, 3.63) is 24.4 Å². The van der Waals surface area contributed by atoms with Gasteiger partial charge in [-0.05, 0) is 32.9 Å². The highest BCUT2D eigenvalue weighted by atomic mass is 16.4. The van der Waals surface area contributed by atoms with Crippen LogP contribution < -0.4 is 0 Å². The number of likely N-dealkylation sites (N-methyl/N-ethyl adjacent to an activating group) is 1. The van der Waals surface area contributed by atoms with Gasteiger partial charge in [-0.3, -0.25) is 14.5 Å². The van der Waals surface area contributed by atoms with Crippen LogP contribution in [0.5, 0.6) is 0 Å². The molecule has 0 N–H and O–H groups in total. The summed E-state index contributed by atoms with van der Waals surface area (Å²) in [6.07, 6.45) is 6.92. The molecule has 1 unspecified atom stereocenters. The van der Waals surface area contributed by atoms with Gasteiger partial charge in [0, 0.05) is 25.0 Å². The number of hydrogen-bond donors (Lipinski definition) is 0. The maximum absolute atomic E-state index is 5.77. The van der Waals surface area contributed by atoms with E-state index in [1.54, 1.807) is 12.7 Å². The predicted octanol–water partition coefficient (Wildman–Crippen LogP) is 0.745. The molecule has 1 atom stereocenters. The Labute approximate surface area is 135 Å². The molecule has 2 aliphatic rings. The first kappa shape index (κ1) is 14.8. The fourth-order valence-corrected chi connectivity index (χ4v) is 3.14. The Balaban J connectivity index is 1.24. The Hall–Kier alpha value is -1.80. The van der Waals surface area contributed by atoms with E-state index in [9.17, 15) is 0 Å². The van der Waals surface area contributed by atoms with E-state index in [4.69, 9.17) is 4.42 Å². The number of nitrogens with zero attached hydrogens (tertiary/aromatic N) is 7. The summed E-state index contributed by atoms with van der Waals surface area (Å²) in [6.45, 7) is 4.85. The van der Waals surface area contributed by atoms with Gasteiger partial charge in [-0.15, -0.1) is 10.2 Å². The molecule has 8 heteroatoms. The van der Waals surface area contributed by atoms with Crippen LogP contribution in [-0.4, -0.2) is 67.5 Å². The van der Waals surface area contributed by atoms with Crippen LogP contribution in [0.4, 0.5) is 0 Å². The van der Waals surface area contributed by atoms with Crippen molar-refractivity contribution in [2.24, 2.45) is 0 Å². The van der Waals surface area contributed by atoms with E-state index in [1.807, 2.05) is 4.68 Å². The van der Waals surface area contributed by atoms with Crippen LogP contribution in [0.25, 0.3) is 0 Å². The molecule has 1 aliphatic heterocycles. The SMILES string of the molecule is CN(Cc1nnc(C2CC2)o1)C1CCN(CCn2cncn2)C1. The lowest BCUT2D eigenvalue weighted by Crippen LogP contribution is -2.35. The van der Waals surface area contributed by atoms with Crippen molar-refractivity contribution in [2.45, 2.75) is 44.3 Å². The summed E-state index contributed by atoms with van der Waals surface area (Å²) in [5, 5.41) is 12.5. The lowest BCUT2D eigenvalue weighted by molar-refractivity contribution is 0.203. The average molecular weight is 317 g/mol. The molecule has 0 spiro atoms. The molecule has 4 rings (SSSR count). The van der Waals surface area contributed by atoms with E-state index in [0.717, 1.165) is 44.5 Å². The number of rotatable bonds is 7. The van der Waals surface area contributed by atoms with Crippen LogP contribution in [0.15, 0.2) is 17.1 Å². The van der Waals surface area contributed by atoms with Gasteiger partial charge in [-0.1, -0.05) is 0 Å². The Morgan fingerprint density at radius 2 is 2.17 bits per heavy atom. The third kappa shape index (κ3) is 3.59. The first-order valence-electron chi connectivity index (χ1n) is 8.35. The van der Waals surface area contributed by atoms with Gasteiger partial charge >= 0.3 is 0 Å². The summed E-state index contributed by atoms with van der Waals surface area (Å²) < 4.78 is 7.65. The summed E-state index contributed by atoms with van der Waals surface area (Å²) in [5.74, 6) is 2.10. The maximum Gasteiger partial charge on any atom is 0.230 e. The Bertz CT molecular complexity index is 622. The summed E-state index contributed by atoms with van der Waals surface area (Å²) in [5.41, 5.74) is 0. The topological polar surface area (TPSA) is 76.1 Å². The second-order valence-electron chi connectivity index (χ2n) is 6.63. The highest BCUT2D eigenvalue weighted by Crippen LogP contribution is 2.39. The van der Waals surface area contributed by atoms with E-state index in [1.165, 1.54) is 19.3 Å². The Morgan fingerprint density at radius 1 is 1.26 bits per heavy atom. The smallest absolute Gasteiger partial charge is 0.230 e. The van der Waals surface area contributed by atoms with Gasteiger partial charge in [-0.25, -0.2) is 4.98 Å². The van der Waals surface area contributed by atoms with Crippen molar-refractivity contribution in [3.8, 4) is 0 Å². The van der Waals surface area contributed by atoms with Crippen molar-refractivity contribution in [3.63, 3.8) is 0 Å². The molecular weight excluding hydrogens is 294 g/mol. The fraction of sp³-hybridized carbons (Fsp3) is 0.733. The summed E-state index contributed by atoms with van der Waals surface area (Å²) in [4.78, 5) is 8.79. The Kier molecular flexibility index (Phi) is 4.09. The third-order valence-corrected chi connectivity index (χ3v) is 4.78. The van der Waals surface area contributed by atoms with Crippen molar-refractivity contribution < 1.29 is 4.42 Å². The molecular formula is C15H23N7O. The lowest BCUT2D eigenvalue weighted by atomic mass is 10.2. The molecule has 1 saturated heterocycles. The van der Waals surface area contributed by atoms with E-state index >= 15 is 0 Å². The molecule has 0 aromatic carbocycles. The van der Waals surface area contributed by atoms with E-state index in [0.29, 0.717) is 12.0 Å². The second-order valence-corrected chi connectivity index (χ2v) is 6.63. The molecule has 124 valence electrons. The minimum absolute atomic E-state index is 0.528. The van der Waals surface area contributed by atoms with Gasteiger partial charge in [0.1, 0.15) is 12.7 Å². The molecule has 2 fully saturated rings. The van der Waals surface area contributed by atoms with Gasteiger partial charge in [0.2, 0.25) is 11.8 Å². The first-order valence-corrected chi connectivity index (χ1v) is 8.35. The second kappa shape index (κ2) is 6.37. The fourth-order valence-electron chi connectivity index (χ4n) is 3.14. The zero-order valence-corrected chi connectivity index (χ0v) is 13.5. The van der Waals surface area contributed by atoms with Crippen LogP contribution in [0.3, 0.4) is 0 Å². The molecule has 2 aromatic rings. The monoisotopic (exact) mass is 317 g/mol. The Morgan fingerprint density at radius 3 is 2.96 bits per heavy atom. The summed E-state index contributed by atoms with van der Waals surface area (Å²) in [6, 6.07) is 0.544. The molecule has 0 radical (unpaired) electrons. The molecule has 0 bridgehead atoms. The van der Waals surface area contributed by atoms with Crippen molar-refractivity contribution in [2.75, 3.05) is 26.7 Å². The van der Waals surface area contributed by atoms with Gasteiger partial charge < -0.3 is 4.42 Å². The molecule has 3 heterocycles. The van der Waals surface area contributed by atoms with E-state index < -0.39 is 0 Å². The minimum atomic E-state index is 0.528. The number of likely N-dealkylation sites (tertiary alicyclic amines) is 1. The number of hydrogen-bond acceptors (Lipinski definition) is 7. The first-order chi connectivity index (χ1) is 11.3. The van der Waals surface area contributed by atoms with Crippen molar-refractivity contribution in [1.82, 2.24) is 34.8 Å². The maximum atomic E-state index is 5.77. The highest BCUT2D eigenvalue weighted by Gasteiger charge is 2.30. The normalized spacial score (nSPS) is 22.3. The third-order valence-electron chi connectivity index (χ3n) is 4.78. The quantitative estimate of drug-likeness (QED) is 0.745. The number of aromatic nitrogens is 5. The van der Waals surface area contributed by atoms with E-state index in [-0.39, 0.29) is 0 Å². The minimum Gasteiger partial charge on any atom is -0.424 e. The molecule has 0 amide bonds. The van der Waals surface area contributed by atoms with Crippen molar-refractivity contribution >= 4 is 0 Å². The molecule has 23 heavy (non-hydrogen) atoms. The summed E-state index contributed by atoms with van der Waals surface area (Å²) >= 11 is 0. The van der Waals surface area contributed by atoms with Gasteiger partial charge in [-0.2, -0.15) is 5.10 Å². The van der Waals surface area contributed by atoms with Gasteiger partial charge in [0.05, 0.1) is 13.1 Å². The van der Waals surface area contributed by atoms with E-state index in [2.05, 4.69) is 37.1 Å². The average Bonchev–Trinajstić information content (AvgIpc) is 3.00. The van der Waals surface area contributed by atoms with Crippen LogP contribution >= 0.6 is 0 Å². The molecule has 2 aromatic heterocycles. The van der Waals surface area contributed by atoms with Crippen LogP contribution in [-0.2, 0) is 13.1 Å². The van der Waals surface area contributed by atoms with Crippen molar-refractivity contribution in [1.29, 1.82) is 0 Å². The molecule has 1 aliphatic carbocycles. The van der Waals surface area contributed by atoms with Crippen LogP contribution in [0.1, 0.15) is 37.0 Å².